The molecule has 1 aromatic heterocycles. The van der Waals surface area contributed by atoms with Crippen molar-refractivity contribution in [1.29, 1.82) is 0 Å². The first-order chi connectivity index (χ1) is 9.31. The van der Waals surface area contributed by atoms with Crippen LogP contribution in [0.5, 0.6) is 0 Å². The van der Waals surface area contributed by atoms with E-state index in [0.717, 1.165) is 37.4 Å². The summed E-state index contributed by atoms with van der Waals surface area (Å²) in [6.45, 7) is 1.63. The van der Waals surface area contributed by atoms with E-state index in [1.807, 2.05) is 0 Å². The molecule has 1 aliphatic rings. The minimum Gasteiger partial charge on any atom is -0.385 e. The van der Waals surface area contributed by atoms with Gasteiger partial charge in [0.1, 0.15) is 17.0 Å². The van der Waals surface area contributed by atoms with E-state index in [9.17, 15) is 4.79 Å². The van der Waals surface area contributed by atoms with Gasteiger partial charge in [-0.3, -0.25) is 4.79 Å². The van der Waals surface area contributed by atoms with Gasteiger partial charge in [0.05, 0.1) is 5.75 Å². The fourth-order valence-electron chi connectivity index (χ4n) is 1.79. The van der Waals surface area contributed by atoms with Crippen molar-refractivity contribution in [2.45, 2.75) is 24.3 Å². The van der Waals surface area contributed by atoms with E-state index < -0.39 is 0 Å². The molecule has 0 unspecified atom stereocenters. The zero-order valence-corrected chi connectivity index (χ0v) is 11.8. The first-order valence-electron chi connectivity index (χ1n) is 6.31. The van der Waals surface area contributed by atoms with Gasteiger partial charge in [-0.2, -0.15) is 0 Å². The zero-order chi connectivity index (χ0) is 13.5. The summed E-state index contributed by atoms with van der Waals surface area (Å²) in [5.74, 6) is 1.12. The fraction of sp³-hybridized carbons (Fsp3) is 0.583. The molecular weight excluding hydrogens is 264 g/mol. The molecule has 2 rings (SSSR count). The predicted molar refractivity (Wildman–Crippen MR) is 75.6 cm³/mol. The number of rotatable bonds is 7. The highest BCUT2D eigenvalue weighted by molar-refractivity contribution is 8.00. The molecule has 104 valence electrons. The fourth-order valence-corrected chi connectivity index (χ4v) is 2.54. The number of fused-ring (bicyclic) bond motifs is 1. The number of carbonyl (C=O) groups excluding carboxylic acids is 1. The SMILES string of the molecule is COCCCCCNc1ncnc2c1NC(=O)CS2. The maximum absolute atomic E-state index is 11.4. The van der Waals surface area contributed by atoms with Gasteiger partial charge in [-0.15, -0.1) is 0 Å². The molecule has 0 spiro atoms. The average Bonchev–Trinajstić information content (AvgIpc) is 2.43. The lowest BCUT2D eigenvalue weighted by molar-refractivity contribution is -0.113. The minimum atomic E-state index is -0.00422. The molecule has 0 aliphatic carbocycles. The second-order valence-electron chi connectivity index (χ2n) is 4.22. The van der Waals surface area contributed by atoms with Crippen molar-refractivity contribution >= 4 is 29.2 Å². The lowest BCUT2D eigenvalue weighted by Crippen LogP contribution is -2.21. The van der Waals surface area contributed by atoms with E-state index >= 15 is 0 Å². The van der Waals surface area contributed by atoms with Crippen LogP contribution in [-0.2, 0) is 9.53 Å². The number of anilines is 2. The van der Waals surface area contributed by atoms with Crippen LogP contribution in [0.4, 0.5) is 11.5 Å². The summed E-state index contributed by atoms with van der Waals surface area (Å²) in [6.07, 6.45) is 4.74. The van der Waals surface area contributed by atoms with Crippen LogP contribution in [0, 0.1) is 0 Å². The number of hydrogen-bond donors (Lipinski definition) is 2. The lowest BCUT2D eigenvalue weighted by atomic mass is 10.2. The summed E-state index contributed by atoms with van der Waals surface area (Å²) in [4.78, 5) is 19.7. The Hall–Kier alpha value is -1.34. The summed E-state index contributed by atoms with van der Waals surface area (Å²) in [7, 11) is 1.71. The molecule has 0 saturated carbocycles. The van der Waals surface area contributed by atoms with Crippen molar-refractivity contribution in [2.24, 2.45) is 0 Å². The molecule has 2 heterocycles. The number of methoxy groups -OCH3 is 1. The van der Waals surface area contributed by atoms with E-state index in [4.69, 9.17) is 4.74 Å². The second-order valence-corrected chi connectivity index (χ2v) is 5.18. The van der Waals surface area contributed by atoms with Crippen molar-refractivity contribution in [3.63, 3.8) is 0 Å². The Bertz CT molecular complexity index is 442. The van der Waals surface area contributed by atoms with E-state index in [1.54, 1.807) is 7.11 Å². The number of aromatic nitrogens is 2. The van der Waals surface area contributed by atoms with Gasteiger partial charge in [0.2, 0.25) is 5.91 Å². The van der Waals surface area contributed by atoms with Gasteiger partial charge in [0.15, 0.2) is 5.82 Å². The predicted octanol–water partition coefficient (Wildman–Crippen LogP) is 1.75. The smallest absolute Gasteiger partial charge is 0.234 e. The van der Waals surface area contributed by atoms with Crippen molar-refractivity contribution in [1.82, 2.24) is 9.97 Å². The first-order valence-corrected chi connectivity index (χ1v) is 7.30. The zero-order valence-electron chi connectivity index (χ0n) is 10.9. The number of carbonyl (C=O) groups is 1. The Balaban J connectivity index is 1.85. The summed E-state index contributed by atoms with van der Waals surface area (Å²) in [5, 5.41) is 6.90. The molecule has 0 radical (unpaired) electrons. The van der Waals surface area contributed by atoms with Gasteiger partial charge in [-0.05, 0) is 19.3 Å². The van der Waals surface area contributed by atoms with E-state index in [0.29, 0.717) is 17.3 Å². The van der Waals surface area contributed by atoms with Crippen LogP contribution < -0.4 is 10.6 Å². The van der Waals surface area contributed by atoms with Crippen molar-refractivity contribution < 1.29 is 9.53 Å². The van der Waals surface area contributed by atoms with Crippen molar-refractivity contribution in [3.8, 4) is 0 Å². The number of nitrogens with one attached hydrogen (secondary N) is 2. The minimum absolute atomic E-state index is 0.00422. The maximum Gasteiger partial charge on any atom is 0.234 e. The van der Waals surface area contributed by atoms with Crippen molar-refractivity contribution in [2.75, 3.05) is 36.6 Å². The summed E-state index contributed by atoms with van der Waals surface area (Å²) in [6, 6.07) is 0. The Kier molecular flexibility index (Phi) is 5.41. The quantitative estimate of drug-likeness (QED) is 0.586. The first kappa shape index (κ1) is 14.1. The Morgan fingerprint density at radius 3 is 3.16 bits per heavy atom. The number of unbranched alkanes of at least 4 members (excludes halogenated alkanes) is 2. The number of ether oxygens (including phenoxy) is 1. The third-order valence-corrected chi connectivity index (χ3v) is 3.72. The molecule has 19 heavy (non-hydrogen) atoms. The number of nitrogens with zero attached hydrogens (tertiary/aromatic N) is 2. The third kappa shape index (κ3) is 4.07. The number of thioether (sulfide) groups is 1. The monoisotopic (exact) mass is 282 g/mol. The van der Waals surface area contributed by atoms with Gasteiger partial charge in [-0.1, -0.05) is 11.8 Å². The van der Waals surface area contributed by atoms with Crippen LogP contribution >= 0.6 is 11.8 Å². The van der Waals surface area contributed by atoms with Crippen LogP contribution in [0.25, 0.3) is 0 Å². The largest absolute Gasteiger partial charge is 0.385 e. The highest BCUT2D eigenvalue weighted by Gasteiger charge is 2.20. The highest BCUT2D eigenvalue weighted by Crippen LogP contribution is 2.33. The summed E-state index contributed by atoms with van der Waals surface area (Å²) < 4.78 is 5.00. The molecular formula is C12H18N4O2S. The lowest BCUT2D eigenvalue weighted by Gasteiger charge is -2.18. The molecule has 1 amide bonds. The molecule has 7 heteroatoms. The molecule has 0 aromatic carbocycles. The Morgan fingerprint density at radius 2 is 2.32 bits per heavy atom. The van der Waals surface area contributed by atoms with Crippen LogP contribution in [0.3, 0.4) is 0 Å². The molecule has 1 aromatic rings. The topological polar surface area (TPSA) is 76.1 Å². The van der Waals surface area contributed by atoms with Gasteiger partial charge in [0, 0.05) is 20.3 Å². The Labute approximate surface area is 116 Å². The maximum atomic E-state index is 11.4. The van der Waals surface area contributed by atoms with Gasteiger partial charge in [0.25, 0.3) is 0 Å². The molecule has 2 N–H and O–H groups in total. The van der Waals surface area contributed by atoms with Gasteiger partial charge < -0.3 is 15.4 Å². The molecule has 6 nitrogen and oxygen atoms in total. The number of amides is 1. The van der Waals surface area contributed by atoms with Crippen LogP contribution in [0.1, 0.15) is 19.3 Å². The van der Waals surface area contributed by atoms with Crippen LogP contribution in [0.2, 0.25) is 0 Å². The van der Waals surface area contributed by atoms with Gasteiger partial charge in [-0.25, -0.2) is 9.97 Å². The molecule has 0 bridgehead atoms. The average molecular weight is 282 g/mol. The summed E-state index contributed by atoms with van der Waals surface area (Å²) in [5.41, 5.74) is 0.709. The van der Waals surface area contributed by atoms with Crippen molar-refractivity contribution in [3.05, 3.63) is 6.33 Å². The molecule has 1 aliphatic heterocycles. The summed E-state index contributed by atoms with van der Waals surface area (Å²) >= 11 is 1.44. The normalized spacial score (nSPS) is 13.8. The standard InChI is InChI=1S/C12H18N4O2S/c1-18-6-4-2-3-5-13-11-10-12(15-8-14-11)19-7-9(17)16-10/h8H,2-7H2,1H3,(H,16,17)(H,13,14,15). The Morgan fingerprint density at radius 1 is 1.42 bits per heavy atom. The third-order valence-electron chi connectivity index (χ3n) is 2.73. The second kappa shape index (κ2) is 7.30. The van der Waals surface area contributed by atoms with Gasteiger partial charge >= 0.3 is 0 Å². The van der Waals surface area contributed by atoms with Crippen LogP contribution in [0.15, 0.2) is 11.4 Å². The van der Waals surface area contributed by atoms with Crippen LogP contribution in [-0.4, -0.2) is 41.9 Å². The highest BCUT2D eigenvalue weighted by atomic mass is 32.2. The number of hydrogen-bond acceptors (Lipinski definition) is 6. The van der Waals surface area contributed by atoms with E-state index in [1.165, 1.54) is 18.1 Å². The van der Waals surface area contributed by atoms with E-state index in [-0.39, 0.29) is 5.91 Å². The molecule has 0 saturated heterocycles. The van der Waals surface area contributed by atoms with E-state index in [2.05, 4.69) is 20.6 Å². The molecule has 0 atom stereocenters. The molecule has 0 fully saturated rings.